The standard InChI is InChI=1S/C31H41F3INO3Si/c1-29(2,3)40(4,5)39-26-18-30(15-21(16-30)28(37)20-6-8-22(9-7-20)31(32,33)34)17-25-27(26)23(35)14-24(36-25)19-10-12-38-13-11-19/h6-9,14,19,21,26,28,37H,10-13,15-18H2,1-5H3/t21?,26-,28?,30?/m1/s1. The molecule has 1 aromatic carbocycles. The summed E-state index contributed by atoms with van der Waals surface area (Å²) in [6, 6.07) is 7.23. The van der Waals surface area contributed by atoms with Crippen LogP contribution in [0.5, 0.6) is 0 Å². The van der Waals surface area contributed by atoms with Gasteiger partial charge in [-0.05, 0) is 114 Å². The monoisotopic (exact) mass is 687 g/mol. The Morgan fingerprint density at radius 1 is 1.07 bits per heavy atom. The van der Waals surface area contributed by atoms with E-state index in [-0.39, 0.29) is 22.5 Å². The highest BCUT2D eigenvalue weighted by molar-refractivity contribution is 14.1. The number of hydrogen-bond donors (Lipinski definition) is 1. The highest BCUT2D eigenvalue weighted by atomic mass is 127. The fourth-order valence-corrected chi connectivity index (χ4v) is 8.80. The van der Waals surface area contributed by atoms with Gasteiger partial charge in [-0.1, -0.05) is 32.9 Å². The maximum absolute atomic E-state index is 13.0. The maximum Gasteiger partial charge on any atom is 0.416 e. The highest BCUT2D eigenvalue weighted by Gasteiger charge is 2.53. The van der Waals surface area contributed by atoms with Crippen LogP contribution in [0.2, 0.25) is 18.1 Å². The summed E-state index contributed by atoms with van der Waals surface area (Å²) in [5, 5.41) is 11.2. The van der Waals surface area contributed by atoms with E-state index >= 15 is 0 Å². The number of halogens is 4. The summed E-state index contributed by atoms with van der Waals surface area (Å²) < 4.78 is 53.0. The molecule has 0 radical (unpaired) electrons. The molecule has 1 saturated carbocycles. The minimum absolute atomic E-state index is 0.00422. The van der Waals surface area contributed by atoms with E-state index < -0.39 is 26.2 Å². The fraction of sp³-hybridized carbons (Fsp3) is 0.645. The molecule has 1 aliphatic heterocycles. The lowest BCUT2D eigenvalue weighted by atomic mass is 9.53. The van der Waals surface area contributed by atoms with Gasteiger partial charge in [0, 0.05) is 39.7 Å². The number of nitrogens with zero attached hydrogens (tertiary/aromatic N) is 1. The van der Waals surface area contributed by atoms with Gasteiger partial charge in [-0.2, -0.15) is 13.2 Å². The molecule has 0 bridgehead atoms. The Balaban J connectivity index is 1.41. The van der Waals surface area contributed by atoms with Crippen LogP contribution in [-0.4, -0.2) is 31.6 Å². The summed E-state index contributed by atoms with van der Waals surface area (Å²) >= 11 is 2.47. The number of hydrogen-bond acceptors (Lipinski definition) is 4. The Morgan fingerprint density at radius 2 is 1.70 bits per heavy atom. The predicted octanol–water partition coefficient (Wildman–Crippen LogP) is 8.74. The van der Waals surface area contributed by atoms with E-state index in [0.29, 0.717) is 11.5 Å². The third-order valence-corrected chi connectivity index (χ3v) is 15.3. The Bertz CT molecular complexity index is 1220. The summed E-state index contributed by atoms with van der Waals surface area (Å²) in [6.07, 6.45) is 0.119. The number of pyridine rings is 1. The van der Waals surface area contributed by atoms with E-state index in [1.165, 1.54) is 21.3 Å². The molecule has 2 aromatic rings. The first-order valence-corrected chi connectivity index (χ1v) is 18.4. The molecular formula is C31H41F3INO3Si. The molecule has 1 unspecified atom stereocenters. The van der Waals surface area contributed by atoms with Crippen molar-refractivity contribution in [1.82, 2.24) is 4.98 Å². The molecule has 2 aliphatic carbocycles. The Hall–Kier alpha value is -1.01. The second-order valence-electron chi connectivity index (χ2n) is 13.8. The number of benzene rings is 1. The van der Waals surface area contributed by atoms with Crippen molar-refractivity contribution in [2.75, 3.05) is 13.2 Å². The molecule has 1 spiro atoms. The summed E-state index contributed by atoms with van der Waals surface area (Å²) in [5.74, 6) is 0.408. The summed E-state index contributed by atoms with van der Waals surface area (Å²) in [7, 11) is -2.08. The summed E-state index contributed by atoms with van der Waals surface area (Å²) in [5.41, 5.74) is 3.35. The van der Waals surface area contributed by atoms with E-state index in [0.717, 1.165) is 75.3 Å². The lowest BCUT2D eigenvalue weighted by Gasteiger charge is -2.54. The molecular weight excluding hydrogens is 646 g/mol. The summed E-state index contributed by atoms with van der Waals surface area (Å²) in [4.78, 5) is 5.28. The third-order valence-electron chi connectivity index (χ3n) is 9.89. The van der Waals surface area contributed by atoms with Crippen LogP contribution in [0.3, 0.4) is 0 Å². The molecule has 1 N–H and O–H groups in total. The predicted molar refractivity (Wildman–Crippen MR) is 161 cm³/mol. The van der Waals surface area contributed by atoms with Crippen molar-refractivity contribution in [2.45, 2.75) is 102 Å². The van der Waals surface area contributed by atoms with Gasteiger partial charge in [-0.25, -0.2) is 0 Å². The maximum atomic E-state index is 13.0. The summed E-state index contributed by atoms with van der Waals surface area (Å²) in [6.45, 7) is 12.9. The van der Waals surface area contributed by atoms with Crippen molar-refractivity contribution >= 4 is 30.9 Å². The minimum Gasteiger partial charge on any atom is -0.410 e. The van der Waals surface area contributed by atoms with Crippen molar-refractivity contribution in [3.63, 3.8) is 0 Å². The number of aliphatic hydroxyl groups is 1. The second kappa shape index (κ2) is 10.9. The molecule has 220 valence electrons. The second-order valence-corrected chi connectivity index (χ2v) is 19.7. The van der Waals surface area contributed by atoms with Gasteiger partial charge in [0.25, 0.3) is 0 Å². The van der Waals surface area contributed by atoms with E-state index in [9.17, 15) is 18.3 Å². The Morgan fingerprint density at radius 3 is 2.27 bits per heavy atom. The molecule has 1 saturated heterocycles. The number of ether oxygens (including phenoxy) is 1. The van der Waals surface area contributed by atoms with Crippen LogP contribution in [0.4, 0.5) is 13.2 Å². The highest BCUT2D eigenvalue weighted by Crippen LogP contribution is 2.60. The van der Waals surface area contributed by atoms with Crippen LogP contribution in [0, 0.1) is 14.9 Å². The molecule has 2 atom stereocenters. The van der Waals surface area contributed by atoms with Gasteiger partial charge in [0.15, 0.2) is 8.32 Å². The lowest BCUT2D eigenvalue weighted by molar-refractivity contribution is -0.137. The topological polar surface area (TPSA) is 51.6 Å². The Kier molecular flexibility index (Phi) is 8.31. The van der Waals surface area contributed by atoms with Crippen LogP contribution in [0.15, 0.2) is 30.3 Å². The van der Waals surface area contributed by atoms with E-state index in [2.05, 4.69) is 62.5 Å². The molecule has 40 heavy (non-hydrogen) atoms. The zero-order valence-electron chi connectivity index (χ0n) is 24.1. The van der Waals surface area contributed by atoms with Crippen molar-refractivity contribution in [3.8, 4) is 0 Å². The lowest BCUT2D eigenvalue weighted by Crippen LogP contribution is -2.49. The van der Waals surface area contributed by atoms with E-state index in [1.807, 2.05) is 0 Å². The van der Waals surface area contributed by atoms with Gasteiger partial charge in [-0.3, -0.25) is 4.98 Å². The van der Waals surface area contributed by atoms with Gasteiger partial charge >= 0.3 is 6.18 Å². The zero-order chi connectivity index (χ0) is 29.1. The normalized spacial score (nSPS) is 26.9. The van der Waals surface area contributed by atoms with Gasteiger partial charge < -0.3 is 14.3 Å². The van der Waals surface area contributed by atoms with Crippen LogP contribution >= 0.6 is 22.6 Å². The van der Waals surface area contributed by atoms with Gasteiger partial charge in [0.1, 0.15) is 0 Å². The first-order chi connectivity index (χ1) is 18.6. The van der Waals surface area contributed by atoms with Crippen molar-refractivity contribution < 1.29 is 27.4 Å². The van der Waals surface area contributed by atoms with Crippen LogP contribution in [-0.2, 0) is 21.8 Å². The minimum atomic E-state index is -4.38. The number of rotatable bonds is 5. The third kappa shape index (κ3) is 6.05. The molecule has 9 heteroatoms. The van der Waals surface area contributed by atoms with Gasteiger partial charge in [0.2, 0.25) is 0 Å². The van der Waals surface area contributed by atoms with Crippen LogP contribution in [0.25, 0.3) is 0 Å². The molecule has 2 heterocycles. The Labute approximate surface area is 250 Å². The molecule has 0 amide bonds. The van der Waals surface area contributed by atoms with Crippen LogP contribution in [0.1, 0.15) is 99.1 Å². The number of alkyl halides is 3. The van der Waals surface area contributed by atoms with Crippen molar-refractivity contribution in [1.29, 1.82) is 0 Å². The fourth-order valence-electron chi connectivity index (χ4n) is 6.55. The number of aliphatic hydroxyl groups excluding tert-OH is 1. The first kappa shape index (κ1) is 30.4. The van der Waals surface area contributed by atoms with Crippen molar-refractivity contribution in [3.05, 3.63) is 62.0 Å². The average Bonchev–Trinajstić information content (AvgIpc) is 2.85. The van der Waals surface area contributed by atoms with Crippen LogP contribution < -0.4 is 0 Å². The quantitative estimate of drug-likeness (QED) is 0.253. The average molecular weight is 688 g/mol. The van der Waals surface area contributed by atoms with E-state index in [4.69, 9.17) is 14.1 Å². The smallest absolute Gasteiger partial charge is 0.410 e. The molecule has 1 aromatic heterocycles. The molecule has 3 aliphatic rings. The molecule has 4 nitrogen and oxygen atoms in total. The van der Waals surface area contributed by atoms with E-state index in [1.54, 1.807) is 0 Å². The molecule has 5 rings (SSSR count). The SMILES string of the molecule is CC(C)(C)[Si](C)(C)O[C@@H]1CC2(Cc3nc(C4CCOCC4)cc(I)c31)CC(C(O)c1ccc(C(F)(F)F)cc1)C2. The molecule has 2 fully saturated rings. The zero-order valence-corrected chi connectivity index (χ0v) is 27.2. The first-order valence-electron chi connectivity index (χ1n) is 14.4. The van der Waals surface area contributed by atoms with Gasteiger partial charge in [0.05, 0.1) is 17.8 Å². The number of fused-ring (bicyclic) bond motifs is 1. The van der Waals surface area contributed by atoms with Gasteiger partial charge in [-0.15, -0.1) is 0 Å². The van der Waals surface area contributed by atoms with Crippen molar-refractivity contribution in [2.24, 2.45) is 11.3 Å². The largest absolute Gasteiger partial charge is 0.416 e. The number of aromatic nitrogens is 1.